The summed E-state index contributed by atoms with van der Waals surface area (Å²) in [6.07, 6.45) is 7.93. The minimum atomic E-state index is 0.152. The molecule has 2 aromatic rings. The minimum Gasteiger partial charge on any atom is -0.494 e. The lowest BCUT2D eigenvalue weighted by Crippen LogP contribution is -2.72. The van der Waals surface area contributed by atoms with E-state index in [1.807, 2.05) is 36.7 Å². The molecule has 0 saturated carbocycles. The maximum Gasteiger partial charge on any atom is 0.158 e. The van der Waals surface area contributed by atoms with Gasteiger partial charge in [-0.3, -0.25) is 10.3 Å². The van der Waals surface area contributed by atoms with Gasteiger partial charge in [-0.15, -0.1) is 0 Å². The summed E-state index contributed by atoms with van der Waals surface area (Å²) < 4.78 is 5.45. The van der Waals surface area contributed by atoms with Crippen molar-refractivity contribution in [2.45, 2.75) is 26.2 Å². The highest BCUT2D eigenvalue weighted by molar-refractivity contribution is 5.85. The quantitative estimate of drug-likeness (QED) is 0.832. The third-order valence-corrected chi connectivity index (χ3v) is 4.08. The van der Waals surface area contributed by atoms with Crippen LogP contribution in [-0.4, -0.2) is 18.3 Å². The van der Waals surface area contributed by atoms with Gasteiger partial charge in [0.2, 0.25) is 0 Å². The summed E-state index contributed by atoms with van der Waals surface area (Å²) >= 11 is 0. The Morgan fingerprint density at radius 1 is 1.17 bits per heavy atom. The smallest absolute Gasteiger partial charge is 0.158 e. The van der Waals surface area contributed by atoms with E-state index in [0.717, 1.165) is 28.5 Å². The summed E-state index contributed by atoms with van der Waals surface area (Å²) in [7, 11) is 1.67. The first-order valence-corrected chi connectivity index (χ1v) is 8.11. The summed E-state index contributed by atoms with van der Waals surface area (Å²) in [6, 6.07) is 10.4. The first kappa shape index (κ1) is 16.3. The van der Waals surface area contributed by atoms with E-state index in [2.05, 4.69) is 54.3 Å². The molecule has 1 aromatic heterocycles. The van der Waals surface area contributed by atoms with Crippen molar-refractivity contribution in [1.29, 1.82) is 0 Å². The molecule has 0 saturated heterocycles. The molecule has 1 aliphatic heterocycles. The Balaban J connectivity index is 1.81. The Morgan fingerprint density at radius 3 is 2.50 bits per heavy atom. The van der Waals surface area contributed by atoms with Gasteiger partial charge in [0.15, 0.2) is 5.70 Å². The van der Waals surface area contributed by atoms with Gasteiger partial charge in [0.05, 0.1) is 30.9 Å². The first-order chi connectivity index (χ1) is 11.5. The molecule has 3 N–H and O–H groups in total. The SMILES string of the molecule is COc1cc(C2=CC=C[NH2+]2)[nH]c1C=Nc1ccc(C(C)(C)C)cc1. The van der Waals surface area contributed by atoms with Crippen molar-refractivity contribution in [3.05, 3.63) is 65.6 Å². The maximum absolute atomic E-state index is 5.45. The summed E-state index contributed by atoms with van der Waals surface area (Å²) in [4.78, 5) is 7.93. The van der Waals surface area contributed by atoms with Crippen LogP contribution in [0.2, 0.25) is 0 Å². The third kappa shape index (κ3) is 3.49. The van der Waals surface area contributed by atoms with Crippen LogP contribution in [0.15, 0.2) is 53.7 Å². The molecule has 24 heavy (non-hydrogen) atoms. The van der Waals surface area contributed by atoms with E-state index in [1.54, 1.807) is 7.11 Å². The number of hydrogen-bond donors (Lipinski definition) is 2. The van der Waals surface area contributed by atoms with Crippen molar-refractivity contribution in [1.82, 2.24) is 4.98 Å². The van der Waals surface area contributed by atoms with Gasteiger partial charge in [-0.2, -0.15) is 0 Å². The second kappa shape index (κ2) is 6.49. The lowest BCUT2D eigenvalue weighted by Gasteiger charge is -2.18. The van der Waals surface area contributed by atoms with Crippen molar-refractivity contribution in [3.8, 4) is 5.75 Å². The van der Waals surface area contributed by atoms with Gasteiger partial charge in [0, 0.05) is 12.1 Å². The van der Waals surface area contributed by atoms with Crippen LogP contribution in [0.25, 0.3) is 5.70 Å². The highest BCUT2D eigenvalue weighted by Gasteiger charge is 2.15. The topological polar surface area (TPSA) is 54.0 Å². The molecular formula is C20H24N3O+. The van der Waals surface area contributed by atoms with Crippen LogP contribution in [0, 0.1) is 0 Å². The number of quaternary nitrogens is 1. The Morgan fingerprint density at radius 2 is 1.92 bits per heavy atom. The average molecular weight is 322 g/mol. The lowest BCUT2D eigenvalue weighted by atomic mass is 9.87. The fraction of sp³-hybridized carbons (Fsp3) is 0.250. The number of ether oxygens (including phenoxy) is 1. The molecule has 2 heterocycles. The monoisotopic (exact) mass is 322 g/mol. The zero-order valence-electron chi connectivity index (χ0n) is 14.6. The van der Waals surface area contributed by atoms with E-state index in [4.69, 9.17) is 4.74 Å². The van der Waals surface area contributed by atoms with E-state index >= 15 is 0 Å². The number of benzene rings is 1. The van der Waals surface area contributed by atoms with E-state index in [1.165, 1.54) is 5.56 Å². The molecule has 3 rings (SSSR count). The number of nitrogens with one attached hydrogen (secondary N) is 1. The third-order valence-electron chi connectivity index (χ3n) is 4.08. The number of nitrogens with two attached hydrogens (primary N) is 1. The van der Waals surface area contributed by atoms with Crippen LogP contribution in [0.1, 0.15) is 37.7 Å². The molecule has 0 bridgehead atoms. The fourth-order valence-electron chi connectivity index (χ4n) is 2.61. The van der Waals surface area contributed by atoms with Crippen LogP contribution in [-0.2, 0) is 5.41 Å². The molecule has 0 amide bonds. The van der Waals surface area contributed by atoms with Gasteiger partial charge in [-0.25, -0.2) is 0 Å². The minimum absolute atomic E-state index is 0.152. The van der Waals surface area contributed by atoms with Gasteiger partial charge in [0.1, 0.15) is 11.4 Å². The Kier molecular flexibility index (Phi) is 4.40. The van der Waals surface area contributed by atoms with Crippen molar-refractivity contribution < 1.29 is 10.1 Å². The molecule has 0 atom stereocenters. The molecule has 0 radical (unpaired) electrons. The number of rotatable bonds is 4. The number of nitrogens with zero attached hydrogens (tertiary/aromatic N) is 1. The molecule has 1 aliphatic rings. The summed E-state index contributed by atoms with van der Waals surface area (Å²) in [5.41, 5.74) is 5.42. The molecule has 4 nitrogen and oxygen atoms in total. The molecular weight excluding hydrogens is 298 g/mol. The summed E-state index contributed by atoms with van der Waals surface area (Å²) in [5, 5.41) is 2.07. The van der Waals surface area contributed by atoms with Gasteiger partial charge in [-0.1, -0.05) is 32.9 Å². The Labute approximate surface area is 143 Å². The lowest BCUT2D eigenvalue weighted by molar-refractivity contribution is -0.483. The number of aromatic nitrogens is 1. The molecule has 4 heteroatoms. The fourth-order valence-corrected chi connectivity index (χ4v) is 2.61. The summed E-state index contributed by atoms with van der Waals surface area (Å²) in [6.45, 7) is 6.63. The van der Waals surface area contributed by atoms with Crippen LogP contribution >= 0.6 is 0 Å². The van der Waals surface area contributed by atoms with Gasteiger partial charge in [0.25, 0.3) is 0 Å². The van der Waals surface area contributed by atoms with Crippen LogP contribution in [0.4, 0.5) is 5.69 Å². The largest absolute Gasteiger partial charge is 0.494 e. The normalized spacial score (nSPS) is 14.4. The van der Waals surface area contributed by atoms with E-state index in [-0.39, 0.29) is 5.41 Å². The van der Waals surface area contributed by atoms with E-state index < -0.39 is 0 Å². The molecule has 0 aliphatic carbocycles. The van der Waals surface area contributed by atoms with Crippen LogP contribution in [0.3, 0.4) is 0 Å². The van der Waals surface area contributed by atoms with Crippen molar-refractivity contribution in [2.75, 3.05) is 7.11 Å². The number of methoxy groups -OCH3 is 1. The molecule has 124 valence electrons. The molecule has 0 spiro atoms. The first-order valence-electron chi connectivity index (χ1n) is 8.11. The van der Waals surface area contributed by atoms with Crippen molar-refractivity contribution in [2.24, 2.45) is 4.99 Å². The number of aliphatic imine (C=N–C) groups is 1. The van der Waals surface area contributed by atoms with Crippen LogP contribution < -0.4 is 10.1 Å². The standard InChI is InChI=1S/C20H23N3O/c1-20(2,3)14-7-9-15(10-8-14)22-13-18-19(24-4)12-17(23-18)16-6-5-11-21-16/h5-13,21,23H,1-4H3/p+1. The van der Waals surface area contributed by atoms with E-state index in [9.17, 15) is 0 Å². The predicted octanol–water partition coefficient (Wildman–Crippen LogP) is 3.50. The van der Waals surface area contributed by atoms with E-state index in [0.29, 0.717) is 0 Å². The molecule has 1 aromatic carbocycles. The average Bonchev–Trinajstić information content (AvgIpc) is 3.21. The number of allylic oxidation sites excluding steroid dienone is 2. The van der Waals surface area contributed by atoms with Crippen molar-refractivity contribution in [3.63, 3.8) is 0 Å². The highest BCUT2D eigenvalue weighted by Crippen LogP contribution is 2.25. The zero-order valence-corrected chi connectivity index (χ0v) is 14.6. The number of hydrogen-bond acceptors (Lipinski definition) is 2. The highest BCUT2D eigenvalue weighted by atomic mass is 16.5. The maximum atomic E-state index is 5.45. The summed E-state index contributed by atoms with van der Waals surface area (Å²) in [5.74, 6) is 0.793. The molecule has 0 fully saturated rings. The molecule has 0 unspecified atom stereocenters. The second-order valence-corrected chi connectivity index (χ2v) is 6.89. The Hall–Kier alpha value is -2.59. The van der Waals surface area contributed by atoms with Gasteiger partial charge in [-0.05, 0) is 29.2 Å². The Bertz CT molecular complexity index is 802. The van der Waals surface area contributed by atoms with Crippen LogP contribution in [0.5, 0.6) is 5.75 Å². The van der Waals surface area contributed by atoms with Gasteiger partial charge >= 0.3 is 0 Å². The number of H-pyrrole nitrogens is 1. The second-order valence-electron chi connectivity index (χ2n) is 6.89. The predicted molar refractivity (Wildman–Crippen MR) is 98.8 cm³/mol. The van der Waals surface area contributed by atoms with Crippen molar-refractivity contribution >= 4 is 17.6 Å². The zero-order chi connectivity index (χ0) is 17.2. The number of aromatic amines is 1. The van der Waals surface area contributed by atoms with Gasteiger partial charge < -0.3 is 9.72 Å².